The Labute approximate surface area is 255 Å². The van der Waals surface area contributed by atoms with E-state index < -0.39 is 0 Å². The van der Waals surface area contributed by atoms with E-state index in [2.05, 4.69) is 15.1 Å². The molecule has 2 amide bonds. The number of rotatable bonds is 10. The van der Waals surface area contributed by atoms with E-state index in [0.717, 1.165) is 69.5 Å². The van der Waals surface area contributed by atoms with E-state index in [1.54, 1.807) is 6.07 Å². The highest BCUT2D eigenvalue weighted by atomic mass is 35.5. The number of carbonyl (C=O) groups is 2. The summed E-state index contributed by atoms with van der Waals surface area (Å²) in [7, 11) is 0. The first-order chi connectivity index (χ1) is 20.4. The molecule has 0 aromatic heterocycles. The van der Waals surface area contributed by atoms with E-state index in [1.165, 1.54) is 31.6 Å². The number of carbonyl (C=O) groups excluding carboxylic acids is 2. The van der Waals surface area contributed by atoms with Gasteiger partial charge in [0, 0.05) is 62.8 Å². The summed E-state index contributed by atoms with van der Waals surface area (Å²) in [5.41, 5.74) is 2.03. The molecular weight excluding hydrogens is 551 g/mol. The lowest BCUT2D eigenvalue weighted by molar-refractivity contribution is -0.114. The smallest absolute Gasteiger partial charge is 0.317 e. The van der Waals surface area contributed by atoms with Crippen LogP contribution in [0, 0.1) is 17.7 Å². The van der Waals surface area contributed by atoms with Crippen LogP contribution in [0.3, 0.4) is 0 Å². The molecule has 2 saturated heterocycles. The van der Waals surface area contributed by atoms with E-state index >= 15 is 0 Å². The molecule has 0 unspecified atom stereocenters. The molecule has 0 bridgehead atoms. The highest BCUT2D eigenvalue weighted by molar-refractivity contribution is 6.30. The number of hydrogen-bond donors (Lipinski definition) is 1. The average molecular weight is 597 g/mol. The third-order valence-electron chi connectivity index (χ3n) is 9.86. The fourth-order valence-electron chi connectivity index (χ4n) is 7.66. The summed E-state index contributed by atoms with van der Waals surface area (Å²) in [6.45, 7) is 7.61. The molecule has 0 radical (unpaired) electrons. The van der Waals surface area contributed by atoms with E-state index in [-0.39, 0.29) is 29.8 Å². The summed E-state index contributed by atoms with van der Waals surface area (Å²) in [4.78, 5) is 32.3. The second kappa shape index (κ2) is 14.8. The molecule has 2 aliphatic heterocycles. The molecule has 2 aromatic carbocycles. The van der Waals surface area contributed by atoms with Gasteiger partial charge in [-0.15, -0.1) is 0 Å². The van der Waals surface area contributed by atoms with E-state index in [0.29, 0.717) is 29.9 Å². The zero-order valence-electron chi connectivity index (χ0n) is 24.9. The lowest BCUT2D eigenvalue weighted by Gasteiger charge is -2.39. The summed E-state index contributed by atoms with van der Waals surface area (Å²) in [6, 6.07) is 14.8. The number of aldehydes is 1. The number of urea groups is 1. The maximum absolute atomic E-state index is 14.3. The minimum absolute atomic E-state index is 0.0313. The zero-order valence-corrected chi connectivity index (χ0v) is 25.7. The van der Waals surface area contributed by atoms with Crippen molar-refractivity contribution in [2.75, 3.05) is 39.3 Å². The van der Waals surface area contributed by atoms with Gasteiger partial charge in [0.05, 0.1) is 6.04 Å². The van der Waals surface area contributed by atoms with Crippen molar-refractivity contribution in [2.24, 2.45) is 11.8 Å². The maximum atomic E-state index is 14.3. The van der Waals surface area contributed by atoms with Crippen molar-refractivity contribution < 1.29 is 14.0 Å². The Morgan fingerprint density at radius 1 is 1.07 bits per heavy atom. The molecule has 2 aromatic rings. The fraction of sp³-hybridized carbons (Fsp3) is 0.588. The summed E-state index contributed by atoms with van der Waals surface area (Å²) in [6.07, 6.45) is 8.99. The highest BCUT2D eigenvalue weighted by Crippen LogP contribution is 2.38. The molecule has 6 nitrogen and oxygen atoms in total. The van der Waals surface area contributed by atoms with Gasteiger partial charge in [-0.3, -0.25) is 4.90 Å². The van der Waals surface area contributed by atoms with Crippen LogP contribution in [0.5, 0.6) is 0 Å². The largest absolute Gasteiger partial charge is 0.334 e. The Bertz CT molecular complexity index is 1180. The number of benzene rings is 2. The Morgan fingerprint density at radius 2 is 1.83 bits per heavy atom. The number of hydrogen-bond acceptors (Lipinski definition) is 4. The molecule has 2 heterocycles. The van der Waals surface area contributed by atoms with Crippen LogP contribution in [-0.2, 0) is 11.3 Å². The normalized spacial score (nSPS) is 23.5. The van der Waals surface area contributed by atoms with Crippen molar-refractivity contribution in [3.05, 3.63) is 70.5 Å². The first kappa shape index (κ1) is 31.0. The van der Waals surface area contributed by atoms with Crippen molar-refractivity contribution in [3.63, 3.8) is 0 Å². The van der Waals surface area contributed by atoms with Crippen LogP contribution in [0.2, 0.25) is 5.02 Å². The quantitative estimate of drug-likeness (QED) is 0.325. The molecule has 5 rings (SSSR count). The predicted molar refractivity (Wildman–Crippen MR) is 166 cm³/mol. The minimum atomic E-state index is -0.196. The average Bonchev–Trinajstić information content (AvgIpc) is 3.41. The van der Waals surface area contributed by atoms with Crippen LogP contribution < -0.4 is 5.32 Å². The van der Waals surface area contributed by atoms with Crippen LogP contribution in [0.25, 0.3) is 0 Å². The molecule has 3 aliphatic rings. The topological polar surface area (TPSA) is 55.9 Å². The van der Waals surface area contributed by atoms with E-state index in [9.17, 15) is 14.0 Å². The number of piperidine rings is 1. The summed E-state index contributed by atoms with van der Waals surface area (Å²) in [5, 5.41) is 3.74. The van der Waals surface area contributed by atoms with E-state index in [4.69, 9.17) is 11.6 Å². The second-order valence-corrected chi connectivity index (χ2v) is 12.9. The van der Waals surface area contributed by atoms with Gasteiger partial charge in [-0.25, -0.2) is 9.18 Å². The first-order valence-electron chi connectivity index (χ1n) is 15.9. The molecule has 1 saturated carbocycles. The lowest BCUT2D eigenvalue weighted by Crippen LogP contribution is -2.51. The molecule has 8 heteroatoms. The van der Waals surface area contributed by atoms with Gasteiger partial charge >= 0.3 is 6.03 Å². The molecule has 3 fully saturated rings. The molecule has 0 spiro atoms. The van der Waals surface area contributed by atoms with Gasteiger partial charge < -0.3 is 19.9 Å². The molecule has 1 N–H and O–H groups in total. The summed E-state index contributed by atoms with van der Waals surface area (Å²) >= 11 is 6.10. The van der Waals surface area contributed by atoms with Crippen LogP contribution in [0.15, 0.2) is 48.5 Å². The Kier molecular flexibility index (Phi) is 10.9. The van der Waals surface area contributed by atoms with Crippen molar-refractivity contribution in [1.82, 2.24) is 20.0 Å². The van der Waals surface area contributed by atoms with Gasteiger partial charge in [-0.1, -0.05) is 55.1 Å². The minimum Gasteiger partial charge on any atom is -0.334 e. The second-order valence-electron chi connectivity index (χ2n) is 12.5. The maximum Gasteiger partial charge on any atom is 0.317 e. The SMILES string of the molecule is CCN(C(=O)NCc1cccc(Cl)c1)C1CCN(C[C@H]2CN([C@@H](C=O)C3CCCCC3)C[C@@H]2c2cccc(F)c2)CC1. The summed E-state index contributed by atoms with van der Waals surface area (Å²) in [5.74, 6) is 0.772. The molecule has 228 valence electrons. The number of nitrogens with one attached hydrogen (secondary N) is 1. The Hall–Kier alpha value is -2.48. The van der Waals surface area contributed by atoms with Crippen LogP contribution in [0.1, 0.15) is 68.9 Å². The number of halogens is 2. The van der Waals surface area contributed by atoms with Crippen LogP contribution >= 0.6 is 11.6 Å². The van der Waals surface area contributed by atoms with Gasteiger partial charge in [-0.2, -0.15) is 0 Å². The van der Waals surface area contributed by atoms with Crippen molar-refractivity contribution >= 4 is 23.9 Å². The number of amides is 2. The van der Waals surface area contributed by atoms with Gasteiger partial charge in [0.1, 0.15) is 12.1 Å². The molecular formula is C34H46ClFN4O2. The molecule has 42 heavy (non-hydrogen) atoms. The monoisotopic (exact) mass is 596 g/mol. The molecule has 3 atom stereocenters. The lowest BCUT2D eigenvalue weighted by atomic mass is 9.84. The molecule has 1 aliphatic carbocycles. The Balaban J connectivity index is 1.19. The number of nitrogens with zero attached hydrogens (tertiary/aromatic N) is 3. The first-order valence-corrected chi connectivity index (χ1v) is 16.3. The van der Waals surface area contributed by atoms with Gasteiger partial charge in [-0.05, 0) is 79.8 Å². The van der Waals surface area contributed by atoms with Crippen LogP contribution in [-0.4, -0.2) is 78.4 Å². The number of likely N-dealkylation sites (tertiary alicyclic amines) is 2. The van der Waals surface area contributed by atoms with Crippen molar-refractivity contribution in [3.8, 4) is 0 Å². The van der Waals surface area contributed by atoms with Gasteiger partial charge in [0.25, 0.3) is 0 Å². The highest BCUT2D eigenvalue weighted by Gasteiger charge is 2.41. The third kappa shape index (κ3) is 7.72. The third-order valence-corrected chi connectivity index (χ3v) is 10.1. The Morgan fingerprint density at radius 3 is 2.52 bits per heavy atom. The van der Waals surface area contributed by atoms with Crippen molar-refractivity contribution in [1.29, 1.82) is 0 Å². The van der Waals surface area contributed by atoms with E-state index in [1.807, 2.05) is 48.2 Å². The predicted octanol–water partition coefficient (Wildman–Crippen LogP) is 6.34. The standard InChI is InChI=1S/C34H46ClFN4O2/c1-2-40(34(42)37-20-25-8-6-12-29(35)18-25)31-14-16-38(17-15-31)21-28-22-39(33(24-41)26-9-4-3-5-10-26)23-32(28)27-11-7-13-30(36)19-27/h6-8,11-13,18-19,24,26,28,31-33H,2-5,9-10,14-17,20-23H2,1H3,(H,37,42)/t28-,32+,33-/m0/s1. The van der Waals surface area contributed by atoms with Crippen molar-refractivity contribution in [2.45, 2.75) is 76.4 Å². The zero-order chi connectivity index (χ0) is 29.5. The summed E-state index contributed by atoms with van der Waals surface area (Å²) < 4.78 is 14.3. The fourth-order valence-corrected chi connectivity index (χ4v) is 7.87. The van der Waals surface area contributed by atoms with Crippen LogP contribution in [0.4, 0.5) is 9.18 Å². The van der Waals surface area contributed by atoms with Gasteiger partial charge in [0.2, 0.25) is 0 Å². The van der Waals surface area contributed by atoms with Gasteiger partial charge in [0.15, 0.2) is 0 Å².